The summed E-state index contributed by atoms with van der Waals surface area (Å²) < 4.78 is 0. The Balaban J connectivity index is 2.06. The summed E-state index contributed by atoms with van der Waals surface area (Å²) in [6, 6.07) is 0.500. The van der Waals surface area contributed by atoms with Crippen LogP contribution in [0.15, 0.2) is 0 Å². The lowest BCUT2D eigenvalue weighted by molar-refractivity contribution is -0.133. The summed E-state index contributed by atoms with van der Waals surface area (Å²) >= 11 is 0. The lowest BCUT2D eigenvalue weighted by Crippen LogP contribution is -2.49. The average Bonchev–Trinajstić information content (AvgIpc) is 2.67. The molecule has 2 aliphatic heterocycles. The van der Waals surface area contributed by atoms with Crippen molar-refractivity contribution in [2.75, 3.05) is 20.1 Å². The first-order valence-electron chi connectivity index (χ1n) is 8.29. The Hall–Kier alpha value is -0.610. The van der Waals surface area contributed by atoms with Crippen LogP contribution in [0.25, 0.3) is 0 Å². The molecule has 2 aliphatic rings. The van der Waals surface area contributed by atoms with Crippen molar-refractivity contribution in [1.29, 1.82) is 0 Å². The van der Waals surface area contributed by atoms with E-state index in [0.29, 0.717) is 17.9 Å². The molecule has 4 nitrogen and oxygen atoms in total. The quantitative estimate of drug-likeness (QED) is 0.838. The molecule has 0 aromatic rings. The van der Waals surface area contributed by atoms with Crippen LogP contribution >= 0.6 is 0 Å². The Labute approximate surface area is 123 Å². The number of nitrogens with zero attached hydrogens (tertiary/aromatic N) is 2. The third kappa shape index (κ3) is 3.53. The summed E-state index contributed by atoms with van der Waals surface area (Å²) in [5.74, 6) is 0.974. The highest BCUT2D eigenvalue weighted by Crippen LogP contribution is 2.26. The zero-order valence-corrected chi connectivity index (χ0v) is 13.6. The van der Waals surface area contributed by atoms with Gasteiger partial charge in [0, 0.05) is 6.04 Å². The zero-order chi connectivity index (χ0) is 14.7. The van der Waals surface area contributed by atoms with Crippen molar-refractivity contribution in [1.82, 2.24) is 15.1 Å². The van der Waals surface area contributed by atoms with Crippen LogP contribution in [0.3, 0.4) is 0 Å². The van der Waals surface area contributed by atoms with Crippen molar-refractivity contribution in [2.24, 2.45) is 5.92 Å². The minimum atomic E-state index is 0.0587. The van der Waals surface area contributed by atoms with Crippen molar-refractivity contribution >= 4 is 5.91 Å². The topological polar surface area (TPSA) is 35.6 Å². The smallest absolute Gasteiger partial charge is 0.241 e. The summed E-state index contributed by atoms with van der Waals surface area (Å²) in [5.41, 5.74) is 0. The van der Waals surface area contributed by atoms with E-state index >= 15 is 0 Å². The molecule has 20 heavy (non-hydrogen) atoms. The molecule has 2 fully saturated rings. The largest absolute Gasteiger partial charge is 0.323 e. The van der Waals surface area contributed by atoms with E-state index in [1.54, 1.807) is 0 Å². The second-order valence-electron chi connectivity index (χ2n) is 6.93. The fourth-order valence-corrected chi connectivity index (χ4v) is 3.55. The maximum atomic E-state index is 12.7. The van der Waals surface area contributed by atoms with E-state index in [1.165, 1.54) is 0 Å². The highest BCUT2D eigenvalue weighted by molar-refractivity contribution is 5.84. The molecule has 2 rings (SSSR count). The minimum absolute atomic E-state index is 0.0587. The molecule has 2 atom stereocenters. The monoisotopic (exact) mass is 281 g/mol. The van der Waals surface area contributed by atoms with Crippen molar-refractivity contribution in [3.63, 3.8) is 0 Å². The van der Waals surface area contributed by atoms with E-state index in [4.69, 9.17) is 0 Å². The van der Waals surface area contributed by atoms with Gasteiger partial charge in [-0.3, -0.25) is 10.1 Å². The van der Waals surface area contributed by atoms with Crippen molar-refractivity contribution in [2.45, 2.75) is 71.1 Å². The molecule has 0 aromatic heterocycles. The minimum Gasteiger partial charge on any atom is -0.323 e. The third-order valence-electron chi connectivity index (χ3n) is 4.64. The maximum Gasteiger partial charge on any atom is 0.241 e. The van der Waals surface area contributed by atoms with E-state index in [0.717, 1.165) is 45.2 Å². The van der Waals surface area contributed by atoms with Gasteiger partial charge in [-0.25, -0.2) is 0 Å². The molecule has 0 radical (unpaired) electrons. The second kappa shape index (κ2) is 6.90. The van der Waals surface area contributed by atoms with Gasteiger partial charge in [-0.05, 0) is 51.7 Å². The van der Waals surface area contributed by atoms with Gasteiger partial charge in [0.2, 0.25) is 5.91 Å². The fraction of sp³-hybridized carbons (Fsp3) is 0.938. The van der Waals surface area contributed by atoms with Gasteiger partial charge in [-0.1, -0.05) is 27.2 Å². The van der Waals surface area contributed by atoms with Gasteiger partial charge in [0.05, 0.1) is 12.2 Å². The summed E-state index contributed by atoms with van der Waals surface area (Å²) in [6.45, 7) is 8.87. The standard InChI is InChI=1S/C16H31N3O/c1-5-6-14-16(20)19(15(17-14)11-12(2)3)13-7-9-18(4)10-8-13/h12-15,17H,5-11H2,1-4H3. The van der Waals surface area contributed by atoms with E-state index < -0.39 is 0 Å². The Kier molecular flexibility index (Phi) is 5.44. The van der Waals surface area contributed by atoms with Gasteiger partial charge < -0.3 is 9.80 Å². The first kappa shape index (κ1) is 15.8. The predicted molar refractivity (Wildman–Crippen MR) is 82.4 cm³/mol. The van der Waals surface area contributed by atoms with Crippen molar-refractivity contribution in [3.8, 4) is 0 Å². The first-order valence-corrected chi connectivity index (χ1v) is 8.29. The molecule has 0 aliphatic carbocycles. The van der Waals surface area contributed by atoms with Gasteiger partial charge in [0.25, 0.3) is 0 Å². The molecule has 2 unspecified atom stereocenters. The van der Waals surface area contributed by atoms with Gasteiger partial charge in [0.1, 0.15) is 0 Å². The number of hydrogen-bond acceptors (Lipinski definition) is 3. The molecule has 1 N–H and O–H groups in total. The maximum absolute atomic E-state index is 12.7. The van der Waals surface area contributed by atoms with Crippen molar-refractivity contribution < 1.29 is 4.79 Å². The van der Waals surface area contributed by atoms with Gasteiger partial charge in [-0.15, -0.1) is 0 Å². The number of likely N-dealkylation sites (tertiary alicyclic amines) is 1. The molecule has 4 heteroatoms. The van der Waals surface area contributed by atoms with Gasteiger partial charge >= 0.3 is 0 Å². The summed E-state index contributed by atoms with van der Waals surface area (Å²) in [6.07, 6.45) is 5.61. The Bertz CT molecular complexity index is 324. The van der Waals surface area contributed by atoms with E-state index in [2.05, 4.69) is 42.9 Å². The lowest BCUT2D eigenvalue weighted by Gasteiger charge is -2.38. The Morgan fingerprint density at radius 3 is 2.50 bits per heavy atom. The number of rotatable bonds is 5. The number of nitrogens with one attached hydrogen (secondary N) is 1. The Morgan fingerprint density at radius 1 is 1.30 bits per heavy atom. The number of amides is 1. The molecule has 2 saturated heterocycles. The van der Waals surface area contributed by atoms with E-state index in [-0.39, 0.29) is 12.2 Å². The molecule has 0 bridgehead atoms. The number of hydrogen-bond donors (Lipinski definition) is 1. The molecule has 0 spiro atoms. The number of carbonyl (C=O) groups is 1. The molecular formula is C16H31N3O. The molecule has 116 valence electrons. The average molecular weight is 281 g/mol. The Morgan fingerprint density at radius 2 is 1.95 bits per heavy atom. The van der Waals surface area contributed by atoms with Crippen molar-refractivity contribution in [3.05, 3.63) is 0 Å². The highest BCUT2D eigenvalue weighted by atomic mass is 16.2. The van der Waals surface area contributed by atoms with Crippen LogP contribution in [0.1, 0.15) is 52.9 Å². The summed E-state index contributed by atoms with van der Waals surface area (Å²) in [5, 5.41) is 3.59. The van der Waals surface area contributed by atoms with Crippen LogP contribution < -0.4 is 5.32 Å². The van der Waals surface area contributed by atoms with Crippen LogP contribution in [0.5, 0.6) is 0 Å². The molecule has 0 aromatic carbocycles. The number of carbonyl (C=O) groups excluding carboxylic acids is 1. The van der Waals surface area contributed by atoms with Crippen LogP contribution in [0.4, 0.5) is 0 Å². The predicted octanol–water partition coefficient (Wildman–Crippen LogP) is 2.05. The van der Waals surface area contributed by atoms with E-state index in [9.17, 15) is 4.79 Å². The number of piperidine rings is 1. The lowest BCUT2D eigenvalue weighted by atomic mass is 10.0. The van der Waals surface area contributed by atoms with Gasteiger partial charge in [0.15, 0.2) is 0 Å². The zero-order valence-electron chi connectivity index (χ0n) is 13.6. The molecular weight excluding hydrogens is 250 g/mol. The second-order valence-corrected chi connectivity index (χ2v) is 6.93. The first-order chi connectivity index (χ1) is 9.52. The van der Waals surface area contributed by atoms with Crippen LogP contribution in [0.2, 0.25) is 0 Å². The molecule has 1 amide bonds. The third-order valence-corrected chi connectivity index (χ3v) is 4.64. The summed E-state index contributed by atoms with van der Waals surface area (Å²) in [7, 11) is 2.17. The fourth-order valence-electron chi connectivity index (χ4n) is 3.55. The van der Waals surface area contributed by atoms with Crippen LogP contribution in [-0.4, -0.2) is 54.1 Å². The normalized spacial score (nSPS) is 29.6. The molecule has 2 heterocycles. The summed E-state index contributed by atoms with van der Waals surface area (Å²) in [4.78, 5) is 17.3. The van der Waals surface area contributed by atoms with Crippen LogP contribution in [-0.2, 0) is 4.79 Å². The molecule has 0 saturated carbocycles. The van der Waals surface area contributed by atoms with Crippen LogP contribution in [0, 0.1) is 5.92 Å². The highest BCUT2D eigenvalue weighted by Gasteiger charge is 2.42. The SMILES string of the molecule is CCCC1NC(CC(C)C)N(C2CCN(C)CC2)C1=O. The van der Waals surface area contributed by atoms with E-state index in [1.807, 2.05) is 0 Å². The van der Waals surface area contributed by atoms with Gasteiger partial charge in [-0.2, -0.15) is 0 Å².